The lowest BCUT2D eigenvalue weighted by molar-refractivity contribution is -0.112. The van der Waals surface area contributed by atoms with E-state index in [-0.39, 0.29) is 5.57 Å². The Morgan fingerprint density at radius 1 is 0.971 bits per heavy atom. The predicted molar refractivity (Wildman–Crippen MR) is 140 cm³/mol. The molecule has 0 unspecified atom stereocenters. The molecule has 8 heteroatoms. The Balaban J connectivity index is 1.41. The summed E-state index contributed by atoms with van der Waals surface area (Å²) in [5.41, 5.74) is 10.4. The molecular weight excluding hydrogens is 438 g/mol. The summed E-state index contributed by atoms with van der Waals surface area (Å²) >= 11 is 0. The lowest BCUT2D eigenvalue weighted by atomic mass is 10.1. The van der Waals surface area contributed by atoms with Gasteiger partial charge < -0.3 is 20.9 Å². The van der Waals surface area contributed by atoms with Gasteiger partial charge in [-0.2, -0.15) is 0 Å². The SMILES string of the molecule is C=C(C(N)=O)c1cccc(-c2cccc3cnc(Nc4ccc(N5CCN(C)CC5)cc4)nc23)n1. The third kappa shape index (κ3) is 4.83. The van der Waals surface area contributed by atoms with E-state index in [9.17, 15) is 4.79 Å². The maximum Gasteiger partial charge on any atom is 0.250 e. The van der Waals surface area contributed by atoms with Crippen LogP contribution in [-0.4, -0.2) is 59.0 Å². The van der Waals surface area contributed by atoms with Crippen molar-refractivity contribution in [3.8, 4) is 11.3 Å². The monoisotopic (exact) mass is 465 g/mol. The van der Waals surface area contributed by atoms with Gasteiger partial charge in [0.15, 0.2) is 0 Å². The number of benzene rings is 2. The third-order valence-corrected chi connectivity index (χ3v) is 6.23. The van der Waals surface area contributed by atoms with Gasteiger partial charge in [0.05, 0.1) is 22.5 Å². The molecule has 1 aliphatic rings. The summed E-state index contributed by atoms with van der Waals surface area (Å²) < 4.78 is 0. The van der Waals surface area contributed by atoms with Crippen LogP contribution in [0.4, 0.5) is 17.3 Å². The molecule has 5 rings (SSSR count). The van der Waals surface area contributed by atoms with Crippen LogP contribution in [0.25, 0.3) is 27.7 Å². The summed E-state index contributed by atoms with van der Waals surface area (Å²) in [4.78, 5) is 30.2. The topological polar surface area (TPSA) is 100 Å². The third-order valence-electron chi connectivity index (χ3n) is 6.23. The number of aromatic nitrogens is 3. The largest absolute Gasteiger partial charge is 0.369 e. The van der Waals surface area contributed by atoms with Crippen molar-refractivity contribution in [3.63, 3.8) is 0 Å². The molecule has 0 radical (unpaired) electrons. The maximum absolute atomic E-state index is 11.6. The number of nitrogens with zero attached hydrogens (tertiary/aromatic N) is 5. The van der Waals surface area contributed by atoms with E-state index in [0.29, 0.717) is 17.3 Å². The van der Waals surface area contributed by atoms with Crippen LogP contribution in [0.5, 0.6) is 0 Å². The molecule has 0 saturated carbocycles. The molecule has 8 nitrogen and oxygen atoms in total. The van der Waals surface area contributed by atoms with Crippen LogP contribution >= 0.6 is 0 Å². The lowest BCUT2D eigenvalue weighted by Crippen LogP contribution is -2.44. The Labute approximate surface area is 204 Å². The fourth-order valence-corrected chi connectivity index (χ4v) is 4.15. The molecule has 1 saturated heterocycles. The van der Waals surface area contributed by atoms with Crippen molar-refractivity contribution in [1.82, 2.24) is 19.9 Å². The highest BCUT2D eigenvalue weighted by atomic mass is 16.1. The highest BCUT2D eigenvalue weighted by Gasteiger charge is 2.15. The lowest BCUT2D eigenvalue weighted by Gasteiger charge is -2.34. The van der Waals surface area contributed by atoms with Crippen LogP contribution in [0, 0.1) is 0 Å². The fourth-order valence-electron chi connectivity index (χ4n) is 4.15. The number of nitrogens with two attached hydrogens (primary N) is 1. The molecule has 1 aliphatic heterocycles. The van der Waals surface area contributed by atoms with Crippen molar-refractivity contribution >= 4 is 39.7 Å². The molecule has 35 heavy (non-hydrogen) atoms. The van der Waals surface area contributed by atoms with Gasteiger partial charge in [-0.1, -0.05) is 30.8 Å². The van der Waals surface area contributed by atoms with E-state index in [1.54, 1.807) is 12.3 Å². The van der Waals surface area contributed by atoms with Gasteiger partial charge in [-0.05, 0) is 43.4 Å². The predicted octanol–water partition coefficient (Wildman–Crippen LogP) is 3.69. The number of carbonyl (C=O) groups is 1. The van der Waals surface area contributed by atoms with E-state index >= 15 is 0 Å². The zero-order valence-electron chi connectivity index (χ0n) is 19.6. The van der Waals surface area contributed by atoms with E-state index in [1.807, 2.05) is 42.5 Å². The van der Waals surface area contributed by atoms with E-state index < -0.39 is 5.91 Å². The van der Waals surface area contributed by atoms with Crippen LogP contribution in [-0.2, 0) is 4.79 Å². The van der Waals surface area contributed by atoms with Gasteiger partial charge >= 0.3 is 0 Å². The standard InChI is InChI=1S/C27H27N7O/c1-18(26(28)35)23-7-4-8-24(31-23)22-6-3-5-19-17-29-27(32-25(19)22)30-20-9-11-21(12-10-20)34-15-13-33(2)14-16-34/h3-12,17H,1,13-16H2,2H3,(H2,28,35)(H,29,30,32). The molecule has 0 aliphatic carbocycles. The van der Waals surface area contributed by atoms with Crippen molar-refractivity contribution in [2.45, 2.75) is 0 Å². The smallest absolute Gasteiger partial charge is 0.250 e. The van der Waals surface area contributed by atoms with Gasteiger partial charge in [0, 0.05) is 54.7 Å². The first-order valence-electron chi connectivity index (χ1n) is 11.5. The number of amides is 1. The quantitative estimate of drug-likeness (QED) is 0.419. The normalized spacial score (nSPS) is 14.1. The summed E-state index contributed by atoms with van der Waals surface area (Å²) in [6, 6.07) is 19.6. The number of anilines is 3. The summed E-state index contributed by atoms with van der Waals surface area (Å²) in [6.45, 7) is 7.95. The number of rotatable bonds is 6. The van der Waals surface area contributed by atoms with Gasteiger partial charge in [-0.25, -0.2) is 15.0 Å². The van der Waals surface area contributed by atoms with Crippen molar-refractivity contribution in [2.75, 3.05) is 43.4 Å². The van der Waals surface area contributed by atoms with Gasteiger partial charge in [-0.3, -0.25) is 4.79 Å². The van der Waals surface area contributed by atoms with Crippen molar-refractivity contribution in [1.29, 1.82) is 0 Å². The molecule has 3 N–H and O–H groups in total. The zero-order chi connectivity index (χ0) is 24.4. The Morgan fingerprint density at radius 2 is 1.71 bits per heavy atom. The Morgan fingerprint density at radius 3 is 2.46 bits per heavy atom. The maximum atomic E-state index is 11.6. The second kappa shape index (κ2) is 9.52. The first-order chi connectivity index (χ1) is 17.0. The summed E-state index contributed by atoms with van der Waals surface area (Å²) in [7, 11) is 2.16. The van der Waals surface area contributed by atoms with Crippen molar-refractivity contribution in [3.05, 3.63) is 79.1 Å². The summed E-state index contributed by atoms with van der Waals surface area (Å²) in [5, 5.41) is 4.20. The van der Waals surface area contributed by atoms with Crippen molar-refractivity contribution in [2.24, 2.45) is 5.73 Å². The fraction of sp³-hybridized carbons (Fsp3) is 0.185. The Kier molecular flexibility index (Phi) is 6.12. The van der Waals surface area contributed by atoms with Gasteiger partial charge in [0.1, 0.15) is 0 Å². The first-order valence-corrected chi connectivity index (χ1v) is 11.5. The Hall–Kier alpha value is -4.30. The molecule has 3 heterocycles. The number of likely N-dealkylation sites (N-methyl/N-ethyl adjacent to an activating group) is 1. The van der Waals surface area contributed by atoms with Gasteiger partial charge in [0.25, 0.3) is 0 Å². The molecule has 0 bridgehead atoms. The minimum atomic E-state index is -0.597. The number of nitrogens with one attached hydrogen (secondary N) is 1. The number of carbonyl (C=O) groups excluding carboxylic acids is 1. The van der Waals surface area contributed by atoms with E-state index in [0.717, 1.165) is 48.3 Å². The zero-order valence-corrected chi connectivity index (χ0v) is 19.6. The molecule has 0 atom stereocenters. The molecule has 4 aromatic rings. The number of fused-ring (bicyclic) bond motifs is 1. The van der Waals surface area contributed by atoms with E-state index in [4.69, 9.17) is 10.7 Å². The molecule has 1 amide bonds. The van der Waals surface area contributed by atoms with E-state index in [1.165, 1.54) is 5.69 Å². The van der Waals surface area contributed by atoms with Gasteiger partial charge in [-0.15, -0.1) is 0 Å². The number of hydrogen-bond acceptors (Lipinski definition) is 7. The molecule has 176 valence electrons. The number of hydrogen-bond donors (Lipinski definition) is 2. The van der Waals surface area contributed by atoms with Crippen LogP contribution in [0.1, 0.15) is 5.69 Å². The number of primary amides is 1. The van der Waals surface area contributed by atoms with Crippen LogP contribution in [0.2, 0.25) is 0 Å². The highest BCUT2D eigenvalue weighted by Crippen LogP contribution is 2.28. The second-order valence-corrected chi connectivity index (χ2v) is 8.65. The summed E-state index contributed by atoms with van der Waals surface area (Å²) in [6.07, 6.45) is 1.79. The average molecular weight is 466 g/mol. The van der Waals surface area contributed by atoms with E-state index in [2.05, 4.69) is 50.8 Å². The van der Waals surface area contributed by atoms with Crippen LogP contribution < -0.4 is 16.0 Å². The minimum Gasteiger partial charge on any atom is -0.369 e. The molecule has 2 aromatic heterocycles. The average Bonchev–Trinajstić information content (AvgIpc) is 2.89. The number of pyridine rings is 1. The molecule has 0 spiro atoms. The van der Waals surface area contributed by atoms with Gasteiger partial charge in [0.2, 0.25) is 11.9 Å². The number of para-hydroxylation sites is 1. The molecular formula is C27H27N7O. The highest BCUT2D eigenvalue weighted by molar-refractivity contribution is 6.17. The minimum absolute atomic E-state index is 0.170. The van der Waals surface area contributed by atoms with Crippen molar-refractivity contribution < 1.29 is 4.79 Å². The molecule has 2 aromatic carbocycles. The first kappa shape index (κ1) is 22.5. The number of piperazine rings is 1. The molecule has 1 fully saturated rings. The Bertz CT molecular complexity index is 1390. The van der Waals surface area contributed by atoms with Crippen LogP contribution in [0.15, 0.2) is 73.4 Å². The summed E-state index contributed by atoms with van der Waals surface area (Å²) in [5.74, 6) is -0.102. The van der Waals surface area contributed by atoms with Crippen LogP contribution in [0.3, 0.4) is 0 Å². The second-order valence-electron chi connectivity index (χ2n) is 8.65.